The molecule has 0 aliphatic heterocycles. The number of carbonyl (C=O) groups is 3. The van der Waals surface area contributed by atoms with Crippen molar-refractivity contribution >= 4 is 247 Å². The van der Waals surface area contributed by atoms with E-state index in [-0.39, 0.29) is 262 Å². The molecule has 720 valence electrons. The first-order valence-electron chi connectivity index (χ1n) is 41.5. The minimum atomic E-state index is -0.181. The smallest absolute Gasteiger partial charge is 1.00 e. The number of fused-ring (bicyclic) bond motifs is 9. The van der Waals surface area contributed by atoms with Gasteiger partial charge in [-0.25, -0.2) is 23.1 Å². The van der Waals surface area contributed by atoms with Crippen molar-refractivity contribution in [2.45, 2.75) is 60.7 Å². The second-order valence-corrected chi connectivity index (χ2v) is 34.5. The van der Waals surface area contributed by atoms with Crippen molar-refractivity contribution in [3.05, 3.63) is 196 Å². The third-order valence-electron chi connectivity index (χ3n) is 19.4. The van der Waals surface area contributed by atoms with Gasteiger partial charge in [0.1, 0.15) is 50.1 Å². The molecule has 39 nitrogen and oxygen atoms in total. The summed E-state index contributed by atoms with van der Waals surface area (Å²) in [6.07, 6.45) is 10.4. The number of halogens is 3. The van der Waals surface area contributed by atoms with Crippen LogP contribution in [-0.4, -0.2) is 204 Å². The van der Waals surface area contributed by atoms with Gasteiger partial charge >= 0.3 is 370 Å². The molecule has 0 fully saturated rings. The maximum absolute atomic E-state index is 10.8. The number of alkyl halides is 4. The summed E-state index contributed by atoms with van der Waals surface area (Å²) < 4.78 is 41.1. The van der Waals surface area contributed by atoms with Crippen molar-refractivity contribution in [1.29, 1.82) is 0 Å². The van der Waals surface area contributed by atoms with E-state index in [0.717, 1.165) is 114 Å². The van der Waals surface area contributed by atoms with E-state index >= 15 is 0 Å². The van der Waals surface area contributed by atoms with Gasteiger partial charge in [-0.1, -0.05) is 129 Å². The maximum atomic E-state index is 10.8. The summed E-state index contributed by atoms with van der Waals surface area (Å²) in [5.74, 6) is 0. The van der Waals surface area contributed by atoms with Gasteiger partial charge in [0.15, 0.2) is 33.9 Å². The fourth-order valence-corrected chi connectivity index (χ4v) is 18.1. The first-order valence-corrected chi connectivity index (χ1v) is 50.3. The van der Waals surface area contributed by atoms with Crippen LogP contribution in [0.1, 0.15) is 73.5 Å². The second kappa shape index (κ2) is 70.0. The van der Waals surface area contributed by atoms with Gasteiger partial charge in [-0.05, 0) is 163 Å². The normalized spacial score (nSPS) is 10.3. The number of benzene rings is 9. The number of carbonyl (C=O) groups excluding carboxylic acids is 3. The molecular weight excluding hydrogens is 2250 g/mol. The van der Waals surface area contributed by atoms with Crippen LogP contribution in [0.2, 0.25) is 0 Å². The van der Waals surface area contributed by atoms with Crippen LogP contribution in [0.25, 0.3) is 121 Å². The molecule has 0 amide bonds. The summed E-state index contributed by atoms with van der Waals surface area (Å²) in [7, 11) is 11.1. The molecular formula is C90H106BrI2K4N21O18S3+2. The zero-order valence-corrected chi connectivity index (χ0v) is 101. The number of aryl methyl sites for hydroxylation is 4. The van der Waals surface area contributed by atoms with Crippen molar-refractivity contribution in [2.75, 3.05) is 138 Å². The van der Waals surface area contributed by atoms with Gasteiger partial charge in [0.25, 0.3) is 18.0 Å². The monoisotopic (exact) mass is 2350 g/mol. The average molecular weight is 2360 g/mol. The number of nitrogens with zero attached hydrogens (tertiary/aromatic N) is 19. The molecule has 18 rings (SSSR count). The van der Waals surface area contributed by atoms with Gasteiger partial charge < -0.3 is 64.2 Å². The number of para-hydroxylation sites is 3. The van der Waals surface area contributed by atoms with E-state index in [1.165, 1.54) is 52.1 Å². The summed E-state index contributed by atoms with van der Waals surface area (Å²) >= 11 is 10.8. The fraction of sp³-hybridized carbons (Fsp3) is 0.289. The van der Waals surface area contributed by atoms with Crippen LogP contribution >= 0.6 is 72.5 Å². The number of aromatic nitrogens is 15. The van der Waals surface area contributed by atoms with E-state index < -0.39 is 0 Å². The van der Waals surface area contributed by atoms with Crippen LogP contribution in [0.15, 0.2) is 192 Å². The van der Waals surface area contributed by atoms with Crippen molar-refractivity contribution in [1.82, 2.24) is 61.9 Å². The molecule has 0 spiro atoms. The Labute approximate surface area is 1020 Å². The van der Waals surface area contributed by atoms with Crippen LogP contribution in [0.4, 0.5) is 34.1 Å². The van der Waals surface area contributed by atoms with Crippen LogP contribution in [0, 0.1) is 6.92 Å². The fourth-order valence-electron chi connectivity index (χ4n) is 13.0. The third-order valence-corrected chi connectivity index (χ3v) is 25.5. The summed E-state index contributed by atoms with van der Waals surface area (Å²) in [6.45, 7) is 16.1. The number of hydrogen-bond donors (Lipinski definition) is 5. The van der Waals surface area contributed by atoms with Crippen molar-refractivity contribution in [3.8, 4) is 0 Å². The first kappa shape index (κ1) is 125. The van der Waals surface area contributed by atoms with Gasteiger partial charge in [-0.3, -0.25) is 14.4 Å². The number of hydrogen-bond acceptors (Lipinski definition) is 39. The second-order valence-electron chi connectivity index (χ2n) is 27.6. The van der Waals surface area contributed by atoms with E-state index in [2.05, 4.69) is 308 Å². The molecule has 0 radical (unpaired) electrons. The molecule has 6 N–H and O–H groups in total. The average Bonchev–Trinajstić information content (AvgIpc) is 1.66. The quantitative estimate of drug-likeness (QED) is 0.00406. The van der Waals surface area contributed by atoms with Crippen LogP contribution < -0.4 is 282 Å². The van der Waals surface area contributed by atoms with Gasteiger partial charge in [0.2, 0.25) is 16.0 Å². The van der Waals surface area contributed by atoms with Crippen LogP contribution in [0.5, 0.6) is 0 Å². The third kappa shape index (κ3) is 36.6. The molecule has 9 heterocycles. The summed E-state index contributed by atoms with van der Waals surface area (Å²) in [5, 5.41) is 97.8. The molecule has 9 aromatic heterocycles. The van der Waals surface area contributed by atoms with Crippen LogP contribution in [0.3, 0.4) is 0 Å². The van der Waals surface area contributed by atoms with Gasteiger partial charge in [-0.15, -0.1) is 0 Å². The predicted octanol–water partition coefficient (Wildman–Crippen LogP) is -2.03. The molecule has 0 atom stereocenters. The minimum absolute atomic E-state index is 0. The predicted molar refractivity (Wildman–Crippen MR) is 529 cm³/mol. The number of nitrogens with one attached hydrogen (secondary N) is 1. The summed E-state index contributed by atoms with van der Waals surface area (Å²) in [5.41, 5.74) is 25.2. The van der Waals surface area contributed by atoms with Crippen molar-refractivity contribution in [3.63, 3.8) is 0 Å². The van der Waals surface area contributed by atoms with E-state index in [4.69, 9.17) is 50.2 Å². The topological polar surface area (TPSA) is 491 Å². The Morgan fingerprint density at radius 2 is 0.806 bits per heavy atom. The minimum Gasteiger partial charge on any atom is -1.00 e. The molecule has 0 aliphatic rings. The summed E-state index contributed by atoms with van der Waals surface area (Å²) in [4.78, 5) is 52.7. The van der Waals surface area contributed by atoms with Crippen molar-refractivity contribution < 1.29 is 331 Å². The Morgan fingerprint density at radius 1 is 0.460 bits per heavy atom. The molecule has 0 aliphatic carbocycles. The molecule has 0 unspecified atom stereocenters. The molecule has 18 aromatic rings. The van der Waals surface area contributed by atoms with Gasteiger partial charge in [-0.2, -0.15) is 9.13 Å². The Bertz CT molecular complexity index is 6700. The molecule has 9 aromatic carbocycles. The molecule has 0 saturated carbocycles. The molecule has 0 bridgehead atoms. The molecule has 49 heteroatoms. The number of rotatable bonds is 28. The Morgan fingerprint density at radius 3 is 1.21 bits per heavy atom. The Hall–Kier alpha value is -5.85. The molecule has 0 saturated heterocycles. The zero-order valence-electron chi connectivity index (χ0n) is 81.9. The number of aliphatic hydroxyl groups is 3. The number of aldehydes is 1. The number of nitrogen functional groups attached to an aromatic ring is 1. The number of anilines is 6. The van der Waals surface area contributed by atoms with Gasteiger partial charge in [0.05, 0.1) is 48.3 Å². The Kier molecular flexibility index (Phi) is 63.2. The molecule has 139 heavy (non-hydrogen) atoms. The number of likely N-dealkylation sites (N-methyl/N-ethyl adjacent to an activating group) is 3. The summed E-state index contributed by atoms with van der Waals surface area (Å²) in [6, 6.07) is 53.8. The first-order chi connectivity index (χ1) is 65.9. The number of thiazole rings is 3. The zero-order chi connectivity index (χ0) is 97.4. The number of nitrogens with two attached hydrogens (primary N) is 1. The number of aliphatic hydroxyl groups excluding tert-OH is 3. The van der Waals surface area contributed by atoms with Gasteiger partial charge in [0, 0.05) is 95.5 Å². The van der Waals surface area contributed by atoms with Crippen molar-refractivity contribution in [2.24, 2.45) is 0 Å². The van der Waals surface area contributed by atoms with Crippen LogP contribution in [-0.2, 0) is 48.8 Å². The Balaban J connectivity index is 0.000000557. The van der Waals surface area contributed by atoms with E-state index in [0.29, 0.717) is 69.4 Å². The standard InChI is InChI=1S/C22H25IN4O3S.C20H21N4O2S.C10H11N3O3.C10H12NS.C9H11N3O2.C7H7N3O.C6H5N3O.C3H7Br.CH3I.2CH2O3.4K.2H/c1-4-27-17-7-5-6-8-19(17)31-20(27)12-10-16-9-11-18(22-21(16)24-30-25-22)26(2)14-13-23-15-29-28-3;1-3-24-15-6-4-5-7-17(15)27-18(24)11-9-14-8-10-16(23(2)12-13-25)20-19(14)21-26-22-20;1-13(4-5-14)8-3-2-7(6-15)9-10(8)12-16-11-9;1-3-11-8(2)12-10-7-5-4-6-9(10)11;1-12(5-6-13)8-4-2-3-7-9(8)11-14-10-7;1-8-5-3-2-4-6-7(5)10-11-9-6;7-4-2-1-3-5-6(4)9-10-8-5;1-2-3-4;1-2;2*2-1-4-3;;;;;;/h5-12H,4,13-15H2,1-3H3;4-11,25H,3,12-13H2,1-2H3;2-3,6,14H,4-5H2,1H3;4-7H,3H2,1-2H3;2-4,13H,5-6H2,1H3;2-4,8H,1H3;1-3H,7H2;2-3H2,1H3;1H3;2*1,3H;;;;;;/q;+1;;+1;;;;;;;;4*+1;2*-1/p-2. The van der Waals surface area contributed by atoms with E-state index in [9.17, 15) is 9.90 Å². The van der Waals surface area contributed by atoms with E-state index in [1.54, 1.807) is 54.0 Å². The van der Waals surface area contributed by atoms with E-state index in [1.807, 2.05) is 114 Å². The SMILES string of the molecule is CCCBr.CC[n+]1c(/C=C/c2ccc(N(C)CCO)c3nonc23)sc2ccccc21.CC[n+]1c(/C=C/c2ccc(N(C)CC[I-]COOC)c3nonc23)sc2ccccc21.CC[n+]1c(C)sc2ccccc21.CI.CN(CCO)c1ccc(C=O)c2nonc12.CN(CCO)c1cccc2nonc12.CNc1cccc2nonc12.Nc1cccc2nonc12.O=CO[O-].O=CO[O-].[H-].[H-].[K+].[K+].[K+].[K+].